The number of rotatable bonds is 4. The number of aryl methyl sites for hydroxylation is 3. The summed E-state index contributed by atoms with van der Waals surface area (Å²) in [6, 6.07) is 8.32. The average Bonchev–Trinajstić information content (AvgIpc) is 2.76. The monoisotopic (exact) mass is 388 g/mol. The minimum Gasteiger partial charge on any atom is -0.491 e. The van der Waals surface area contributed by atoms with Crippen LogP contribution >= 0.6 is 0 Å². The molecule has 7 heteroatoms. The summed E-state index contributed by atoms with van der Waals surface area (Å²) in [6.07, 6.45) is 0. The lowest BCUT2D eigenvalue weighted by molar-refractivity contribution is 0.0765. The largest absolute Gasteiger partial charge is 0.491 e. The van der Waals surface area contributed by atoms with Crippen molar-refractivity contribution in [3.05, 3.63) is 52.6 Å². The van der Waals surface area contributed by atoms with Gasteiger partial charge in [-0.05, 0) is 68.7 Å². The van der Waals surface area contributed by atoms with Gasteiger partial charge < -0.3 is 9.64 Å². The number of amides is 1. The number of carbonyl (C=O) groups is 1. The molecule has 0 saturated carbocycles. The van der Waals surface area contributed by atoms with Crippen LogP contribution < -0.4 is 9.46 Å². The van der Waals surface area contributed by atoms with Gasteiger partial charge in [0.1, 0.15) is 12.4 Å². The van der Waals surface area contributed by atoms with Crippen molar-refractivity contribution in [3.63, 3.8) is 0 Å². The first kappa shape index (κ1) is 19.2. The van der Waals surface area contributed by atoms with Gasteiger partial charge >= 0.3 is 0 Å². The zero-order valence-electron chi connectivity index (χ0n) is 16.0. The molecule has 0 bridgehead atoms. The van der Waals surface area contributed by atoms with Crippen LogP contribution in [0.15, 0.2) is 35.2 Å². The average molecular weight is 388 g/mol. The summed E-state index contributed by atoms with van der Waals surface area (Å²) in [5.74, 6) is 0.315. The summed E-state index contributed by atoms with van der Waals surface area (Å²) in [5, 5.41) is 0. The summed E-state index contributed by atoms with van der Waals surface area (Å²) < 4.78 is 34.0. The molecule has 1 aliphatic heterocycles. The Kier molecular flexibility index (Phi) is 5.15. The smallest absolute Gasteiger partial charge is 0.262 e. The third kappa shape index (κ3) is 3.78. The molecule has 1 heterocycles. The highest BCUT2D eigenvalue weighted by atomic mass is 32.2. The van der Waals surface area contributed by atoms with Crippen LogP contribution in [0.3, 0.4) is 0 Å². The fraction of sp³-hybridized carbons (Fsp3) is 0.350. The lowest BCUT2D eigenvalue weighted by atomic mass is 10.1. The van der Waals surface area contributed by atoms with Crippen molar-refractivity contribution in [2.45, 2.75) is 32.6 Å². The summed E-state index contributed by atoms with van der Waals surface area (Å²) in [4.78, 5) is 14.6. The minimum absolute atomic E-state index is 0.159. The highest BCUT2D eigenvalue weighted by molar-refractivity contribution is 7.92. The molecule has 0 radical (unpaired) electrons. The zero-order chi connectivity index (χ0) is 19.8. The molecule has 1 amide bonds. The molecule has 6 nitrogen and oxygen atoms in total. The molecular weight excluding hydrogens is 364 g/mol. The predicted molar refractivity (Wildman–Crippen MR) is 105 cm³/mol. The molecule has 0 fully saturated rings. The van der Waals surface area contributed by atoms with Crippen molar-refractivity contribution >= 4 is 21.6 Å². The van der Waals surface area contributed by atoms with Crippen LogP contribution in [-0.2, 0) is 10.0 Å². The van der Waals surface area contributed by atoms with E-state index in [0.717, 1.165) is 11.1 Å². The van der Waals surface area contributed by atoms with Gasteiger partial charge in [0.25, 0.3) is 15.9 Å². The number of hydrogen-bond acceptors (Lipinski definition) is 4. The van der Waals surface area contributed by atoms with E-state index in [0.29, 0.717) is 42.3 Å². The molecule has 27 heavy (non-hydrogen) atoms. The number of hydrogen-bond donors (Lipinski definition) is 1. The molecule has 0 aromatic heterocycles. The summed E-state index contributed by atoms with van der Waals surface area (Å²) >= 11 is 0. The van der Waals surface area contributed by atoms with Crippen molar-refractivity contribution in [1.82, 2.24) is 4.90 Å². The van der Waals surface area contributed by atoms with Crippen molar-refractivity contribution in [3.8, 4) is 5.75 Å². The fourth-order valence-electron chi connectivity index (χ4n) is 3.16. The van der Waals surface area contributed by atoms with Crippen molar-refractivity contribution in [2.24, 2.45) is 0 Å². The van der Waals surface area contributed by atoms with E-state index in [1.807, 2.05) is 26.8 Å². The molecule has 1 N–H and O–H groups in total. The van der Waals surface area contributed by atoms with Gasteiger partial charge in [0.05, 0.1) is 17.0 Å². The second-order valence-corrected chi connectivity index (χ2v) is 8.40. The van der Waals surface area contributed by atoms with E-state index in [4.69, 9.17) is 4.74 Å². The number of ether oxygens (including phenoxy) is 1. The van der Waals surface area contributed by atoms with Gasteiger partial charge in [-0.3, -0.25) is 9.52 Å². The van der Waals surface area contributed by atoms with Gasteiger partial charge in [-0.1, -0.05) is 6.07 Å². The van der Waals surface area contributed by atoms with E-state index in [1.165, 1.54) is 0 Å². The maximum absolute atomic E-state index is 12.9. The second-order valence-electron chi connectivity index (χ2n) is 6.75. The van der Waals surface area contributed by atoms with Gasteiger partial charge in [-0.25, -0.2) is 8.42 Å². The second kappa shape index (κ2) is 7.23. The number of carbonyl (C=O) groups excluding carboxylic acids is 1. The van der Waals surface area contributed by atoms with E-state index < -0.39 is 10.0 Å². The maximum atomic E-state index is 12.9. The SMILES string of the molecule is CCN1CCOc2ccc(NS(=O)(=O)c3cc(C)c(C)cc3C)cc2C1=O. The molecule has 2 aromatic rings. The lowest BCUT2D eigenvalue weighted by Gasteiger charge is -2.17. The first-order valence-electron chi connectivity index (χ1n) is 8.89. The van der Waals surface area contributed by atoms with E-state index in [9.17, 15) is 13.2 Å². The molecule has 144 valence electrons. The Morgan fingerprint density at radius 3 is 2.48 bits per heavy atom. The van der Waals surface area contributed by atoms with Gasteiger partial charge in [0, 0.05) is 12.2 Å². The van der Waals surface area contributed by atoms with Crippen LogP contribution in [-0.4, -0.2) is 38.9 Å². The number of nitrogens with one attached hydrogen (secondary N) is 1. The Labute approximate surface area is 160 Å². The summed E-state index contributed by atoms with van der Waals surface area (Å²) in [5.41, 5.74) is 3.33. The topological polar surface area (TPSA) is 75.7 Å². The third-order valence-corrected chi connectivity index (χ3v) is 6.35. The highest BCUT2D eigenvalue weighted by Gasteiger charge is 2.24. The molecule has 3 rings (SSSR count). The highest BCUT2D eigenvalue weighted by Crippen LogP contribution is 2.28. The number of benzene rings is 2. The molecule has 0 spiro atoms. The zero-order valence-corrected chi connectivity index (χ0v) is 16.8. The standard InChI is InChI=1S/C20H24N2O4S/c1-5-22-8-9-26-18-7-6-16(12-17(18)20(22)23)21-27(24,25)19-11-14(3)13(2)10-15(19)4/h6-7,10-12,21H,5,8-9H2,1-4H3. The van der Waals surface area contributed by atoms with Crippen molar-refractivity contribution in [2.75, 3.05) is 24.4 Å². The maximum Gasteiger partial charge on any atom is 0.262 e. The number of likely N-dealkylation sites (N-methyl/N-ethyl adjacent to an activating group) is 1. The molecule has 0 saturated heterocycles. The van der Waals surface area contributed by atoms with Gasteiger partial charge in [0.2, 0.25) is 0 Å². The quantitative estimate of drug-likeness (QED) is 0.872. The van der Waals surface area contributed by atoms with Gasteiger partial charge in [0.15, 0.2) is 0 Å². The summed E-state index contributed by atoms with van der Waals surface area (Å²) in [6.45, 7) is 8.99. The fourth-order valence-corrected chi connectivity index (χ4v) is 4.52. The number of anilines is 1. The third-order valence-electron chi connectivity index (χ3n) is 4.83. The van der Waals surface area contributed by atoms with Crippen LogP contribution in [0.25, 0.3) is 0 Å². The van der Waals surface area contributed by atoms with Crippen LogP contribution in [0.1, 0.15) is 34.0 Å². The molecule has 0 unspecified atom stereocenters. The van der Waals surface area contributed by atoms with E-state index in [2.05, 4.69) is 4.72 Å². The van der Waals surface area contributed by atoms with E-state index in [-0.39, 0.29) is 10.8 Å². The predicted octanol–water partition coefficient (Wildman–Crippen LogP) is 3.27. The van der Waals surface area contributed by atoms with Gasteiger partial charge in [-0.2, -0.15) is 0 Å². The Bertz CT molecular complexity index is 999. The lowest BCUT2D eigenvalue weighted by Crippen LogP contribution is -2.32. The molecule has 1 aliphatic rings. The molecule has 0 aliphatic carbocycles. The van der Waals surface area contributed by atoms with Gasteiger partial charge in [-0.15, -0.1) is 0 Å². The van der Waals surface area contributed by atoms with E-state index >= 15 is 0 Å². The molecule has 0 atom stereocenters. The van der Waals surface area contributed by atoms with Crippen molar-refractivity contribution < 1.29 is 17.9 Å². The Balaban J connectivity index is 1.97. The van der Waals surface area contributed by atoms with Crippen molar-refractivity contribution in [1.29, 1.82) is 0 Å². The Hall–Kier alpha value is -2.54. The van der Waals surface area contributed by atoms with Crippen LogP contribution in [0.5, 0.6) is 5.75 Å². The first-order valence-corrected chi connectivity index (χ1v) is 10.4. The normalized spacial score (nSPS) is 14.4. The number of sulfonamides is 1. The Morgan fingerprint density at radius 1 is 1.07 bits per heavy atom. The summed E-state index contributed by atoms with van der Waals surface area (Å²) in [7, 11) is -3.77. The first-order chi connectivity index (χ1) is 12.7. The molecular formula is C20H24N2O4S. The number of fused-ring (bicyclic) bond motifs is 1. The van der Waals surface area contributed by atoms with Crippen LogP contribution in [0, 0.1) is 20.8 Å². The molecule has 2 aromatic carbocycles. The minimum atomic E-state index is -3.77. The number of nitrogens with zero attached hydrogens (tertiary/aromatic N) is 1. The van der Waals surface area contributed by atoms with Crippen LogP contribution in [0.2, 0.25) is 0 Å². The van der Waals surface area contributed by atoms with E-state index in [1.54, 1.807) is 36.1 Å². The Morgan fingerprint density at radius 2 is 1.78 bits per heavy atom. The van der Waals surface area contributed by atoms with Crippen LogP contribution in [0.4, 0.5) is 5.69 Å².